The average Bonchev–Trinajstić information content (AvgIpc) is 2.40. The number of benzene rings is 1. The molecule has 100 valence electrons. The van der Waals surface area contributed by atoms with Crippen molar-refractivity contribution in [2.75, 3.05) is 39.5 Å². The van der Waals surface area contributed by atoms with E-state index in [1.54, 1.807) is 0 Å². The zero-order valence-electron chi connectivity index (χ0n) is 11.5. The molecule has 0 atom stereocenters. The van der Waals surface area contributed by atoms with Gasteiger partial charge in [-0.3, -0.25) is 0 Å². The fourth-order valence-electron chi connectivity index (χ4n) is 2.44. The number of hydrogen-bond acceptors (Lipinski definition) is 3. The zero-order chi connectivity index (χ0) is 12.8. The molecule has 1 saturated heterocycles. The van der Waals surface area contributed by atoms with E-state index in [-0.39, 0.29) is 0 Å². The van der Waals surface area contributed by atoms with Crippen LogP contribution in [0.15, 0.2) is 35.2 Å². The second-order valence-corrected chi connectivity index (χ2v) is 6.34. The standard InChI is InChI=1S/C15H24N2S/c1-16-10-8-14(9-11-16)17(2)12-13-18-15-6-4-3-5-7-15/h3-7,14H,8-13H2,1-2H3. The van der Waals surface area contributed by atoms with Gasteiger partial charge in [-0.2, -0.15) is 0 Å². The molecule has 3 heteroatoms. The van der Waals surface area contributed by atoms with Gasteiger partial charge in [0.1, 0.15) is 0 Å². The highest BCUT2D eigenvalue weighted by molar-refractivity contribution is 7.99. The molecule has 2 nitrogen and oxygen atoms in total. The summed E-state index contributed by atoms with van der Waals surface area (Å²) in [4.78, 5) is 6.36. The molecule has 0 bridgehead atoms. The van der Waals surface area contributed by atoms with Gasteiger partial charge in [0.15, 0.2) is 0 Å². The second kappa shape index (κ2) is 7.17. The molecule has 1 heterocycles. The first-order valence-electron chi connectivity index (χ1n) is 6.82. The van der Waals surface area contributed by atoms with Gasteiger partial charge in [-0.25, -0.2) is 0 Å². The van der Waals surface area contributed by atoms with E-state index in [1.807, 2.05) is 11.8 Å². The Labute approximate surface area is 115 Å². The minimum Gasteiger partial charge on any atom is -0.306 e. The van der Waals surface area contributed by atoms with Gasteiger partial charge in [0.25, 0.3) is 0 Å². The van der Waals surface area contributed by atoms with Crippen molar-refractivity contribution in [2.24, 2.45) is 0 Å². The molecule has 0 N–H and O–H groups in total. The Morgan fingerprint density at radius 2 is 1.89 bits per heavy atom. The van der Waals surface area contributed by atoms with Gasteiger partial charge in [0.05, 0.1) is 0 Å². The van der Waals surface area contributed by atoms with Crippen molar-refractivity contribution in [3.8, 4) is 0 Å². The average molecular weight is 264 g/mol. The van der Waals surface area contributed by atoms with Crippen LogP contribution in [-0.4, -0.2) is 55.3 Å². The SMILES string of the molecule is CN1CCC(N(C)CCSc2ccccc2)CC1. The fourth-order valence-corrected chi connectivity index (χ4v) is 3.41. The summed E-state index contributed by atoms with van der Waals surface area (Å²) >= 11 is 1.96. The monoisotopic (exact) mass is 264 g/mol. The van der Waals surface area contributed by atoms with Crippen LogP contribution in [0.5, 0.6) is 0 Å². The molecule has 1 aliphatic heterocycles. The van der Waals surface area contributed by atoms with Gasteiger partial charge in [-0.15, -0.1) is 11.8 Å². The molecule has 0 spiro atoms. The summed E-state index contributed by atoms with van der Waals surface area (Å²) in [5.41, 5.74) is 0. The Bertz CT molecular complexity index is 334. The highest BCUT2D eigenvalue weighted by Crippen LogP contribution is 2.19. The molecular weight excluding hydrogens is 240 g/mol. The molecule has 1 fully saturated rings. The Morgan fingerprint density at radius 3 is 2.56 bits per heavy atom. The number of piperidine rings is 1. The van der Waals surface area contributed by atoms with Gasteiger partial charge in [0.2, 0.25) is 0 Å². The van der Waals surface area contributed by atoms with E-state index < -0.39 is 0 Å². The Hall–Kier alpha value is -0.510. The number of hydrogen-bond donors (Lipinski definition) is 0. The summed E-state index contributed by atoms with van der Waals surface area (Å²) in [6.07, 6.45) is 2.64. The summed E-state index contributed by atoms with van der Waals surface area (Å²) < 4.78 is 0. The summed E-state index contributed by atoms with van der Waals surface area (Å²) in [5.74, 6) is 1.19. The first kappa shape index (κ1) is 13.9. The van der Waals surface area contributed by atoms with Crippen molar-refractivity contribution < 1.29 is 0 Å². The number of nitrogens with zero attached hydrogens (tertiary/aromatic N) is 2. The highest BCUT2D eigenvalue weighted by atomic mass is 32.2. The molecule has 0 radical (unpaired) electrons. The predicted molar refractivity (Wildman–Crippen MR) is 80.3 cm³/mol. The smallest absolute Gasteiger partial charge is 0.0117 e. The van der Waals surface area contributed by atoms with E-state index >= 15 is 0 Å². The summed E-state index contributed by atoms with van der Waals surface area (Å²) in [6.45, 7) is 3.69. The van der Waals surface area contributed by atoms with Crippen LogP contribution in [-0.2, 0) is 0 Å². The van der Waals surface area contributed by atoms with Crippen molar-refractivity contribution in [2.45, 2.75) is 23.8 Å². The first-order valence-corrected chi connectivity index (χ1v) is 7.81. The summed E-state index contributed by atoms with van der Waals surface area (Å²) in [7, 11) is 4.50. The summed E-state index contributed by atoms with van der Waals surface area (Å²) in [5, 5.41) is 0. The molecule has 1 aliphatic rings. The summed E-state index contributed by atoms with van der Waals surface area (Å²) in [6, 6.07) is 11.5. The Morgan fingerprint density at radius 1 is 1.22 bits per heavy atom. The minimum absolute atomic E-state index is 0.789. The van der Waals surface area contributed by atoms with Crippen molar-refractivity contribution >= 4 is 11.8 Å². The van der Waals surface area contributed by atoms with Crippen LogP contribution in [0.3, 0.4) is 0 Å². The quantitative estimate of drug-likeness (QED) is 0.755. The third-order valence-corrected chi connectivity index (χ3v) is 4.76. The lowest BCUT2D eigenvalue weighted by Gasteiger charge is -2.35. The largest absolute Gasteiger partial charge is 0.306 e. The molecule has 2 rings (SSSR count). The zero-order valence-corrected chi connectivity index (χ0v) is 12.3. The van der Waals surface area contributed by atoms with Crippen molar-refractivity contribution in [3.63, 3.8) is 0 Å². The van der Waals surface area contributed by atoms with Gasteiger partial charge in [0, 0.05) is 23.2 Å². The second-order valence-electron chi connectivity index (χ2n) is 5.18. The van der Waals surface area contributed by atoms with Crippen LogP contribution in [0.4, 0.5) is 0 Å². The van der Waals surface area contributed by atoms with Crippen LogP contribution in [0.25, 0.3) is 0 Å². The fraction of sp³-hybridized carbons (Fsp3) is 0.600. The molecule has 0 aliphatic carbocycles. The van der Waals surface area contributed by atoms with Crippen LogP contribution < -0.4 is 0 Å². The van der Waals surface area contributed by atoms with Crippen LogP contribution in [0, 0.1) is 0 Å². The van der Waals surface area contributed by atoms with Gasteiger partial charge in [-0.05, 0) is 52.2 Å². The van der Waals surface area contributed by atoms with Crippen molar-refractivity contribution in [1.29, 1.82) is 0 Å². The Kier molecular flexibility index (Phi) is 5.54. The predicted octanol–water partition coefficient (Wildman–Crippen LogP) is 2.80. The lowest BCUT2D eigenvalue weighted by atomic mass is 10.0. The first-order chi connectivity index (χ1) is 8.75. The molecule has 18 heavy (non-hydrogen) atoms. The molecule has 1 aromatic rings. The molecule has 0 saturated carbocycles. The maximum Gasteiger partial charge on any atom is 0.0117 e. The number of rotatable bonds is 5. The highest BCUT2D eigenvalue weighted by Gasteiger charge is 2.19. The van der Waals surface area contributed by atoms with E-state index in [0.29, 0.717) is 0 Å². The van der Waals surface area contributed by atoms with Gasteiger partial charge >= 0.3 is 0 Å². The van der Waals surface area contributed by atoms with E-state index in [2.05, 4.69) is 54.2 Å². The third-order valence-electron chi connectivity index (χ3n) is 3.77. The van der Waals surface area contributed by atoms with Gasteiger partial charge in [-0.1, -0.05) is 18.2 Å². The lowest BCUT2D eigenvalue weighted by Crippen LogP contribution is -2.42. The van der Waals surface area contributed by atoms with Crippen LogP contribution in [0.1, 0.15) is 12.8 Å². The number of thioether (sulfide) groups is 1. The van der Waals surface area contributed by atoms with Crippen molar-refractivity contribution in [3.05, 3.63) is 30.3 Å². The topological polar surface area (TPSA) is 6.48 Å². The van der Waals surface area contributed by atoms with E-state index in [1.165, 1.54) is 43.1 Å². The van der Waals surface area contributed by atoms with E-state index in [0.717, 1.165) is 6.04 Å². The van der Waals surface area contributed by atoms with Crippen molar-refractivity contribution in [1.82, 2.24) is 9.80 Å². The Balaban J connectivity index is 1.67. The van der Waals surface area contributed by atoms with Crippen LogP contribution in [0.2, 0.25) is 0 Å². The minimum atomic E-state index is 0.789. The third kappa shape index (κ3) is 4.30. The van der Waals surface area contributed by atoms with Gasteiger partial charge < -0.3 is 9.80 Å². The normalized spacial score (nSPS) is 18.4. The van der Waals surface area contributed by atoms with Crippen LogP contribution >= 0.6 is 11.8 Å². The van der Waals surface area contributed by atoms with E-state index in [9.17, 15) is 0 Å². The molecular formula is C15H24N2S. The molecule has 0 amide bonds. The maximum absolute atomic E-state index is 2.54. The number of likely N-dealkylation sites (tertiary alicyclic amines) is 1. The van der Waals surface area contributed by atoms with E-state index in [4.69, 9.17) is 0 Å². The lowest BCUT2D eigenvalue weighted by molar-refractivity contribution is 0.150. The maximum atomic E-state index is 2.54. The molecule has 0 unspecified atom stereocenters. The molecule has 0 aromatic heterocycles. The molecule has 1 aromatic carbocycles.